The third kappa shape index (κ3) is 5.32. The number of aromatic nitrogens is 2. The lowest BCUT2D eigenvalue weighted by atomic mass is 9.92. The molecule has 2 aliphatic rings. The van der Waals surface area contributed by atoms with E-state index in [1.165, 1.54) is 0 Å². The van der Waals surface area contributed by atoms with Crippen LogP contribution in [0.4, 0.5) is 0 Å². The van der Waals surface area contributed by atoms with Crippen molar-refractivity contribution in [1.82, 2.24) is 15.3 Å². The molecule has 8 heteroatoms. The van der Waals surface area contributed by atoms with Gasteiger partial charge in [-0.2, -0.15) is 0 Å². The maximum atomic E-state index is 12.3. The average molecular weight is 591 g/mol. The van der Waals surface area contributed by atoms with Crippen molar-refractivity contribution in [3.63, 3.8) is 0 Å². The van der Waals surface area contributed by atoms with Crippen LogP contribution in [-0.4, -0.2) is 38.6 Å². The first-order valence-electron chi connectivity index (χ1n) is 14.7. The van der Waals surface area contributed by atoms with Gasteiger partial charge >= 0.3 is 5.97 Å². The normalized spacial score (nSPS) is 17.3. The fraction of sp³-hybridized carbons (Fsp3) is 0.278. The number of aryl methyl sites for hydroxylation is 1. The summed E-state index contributed by atoms with van der Waals surface area (Å²) in [5.74, 6) is -1.16. The topological polar surface area (TPSA) is 127 Å². The monoisotopic (exact) mass is 590 g/mol. The van der Waals surface area contributed by atoms with Crippen molar-refractivity contribution < 1.29 is 19.5 Å². The van der Waals surface area contributed by atoms with Crippen molar-refractivity contribution in [2.75, 3.05) is 0 Å². The minimum absolute atomic E-state index is 0.00954. The van der Waals surface area contributed by atoms with E-state index in [1.807, 2.05) is 64.1 Å². The fourth-order valence-electron chi connectivity index (χ4n) is 5.71. The predicted octanol–water partition coefficient (Wildman–Crippen LogP) is 4.75. The van der Waals surface area contributed by atoms with Gasteiger partial charge in [-0.05, 0) is 118 Å². The Morgan fingerprint density at radius 2 is 1.52 bits per heavy atom. The van der Waals surface area contributed by atoms with Gasteiger partial charge in [-0.25, -0.2) is 4.99 Å². The summed E-state index contributed by atoms with van der Waals surface area (Å²) in [7, 11) is 0. The highest BCUT2D eigenvalue weighted by Crippen LogP contribution is 2.32. The highest BCUT2D eigenvalue weighted by Gasteiger charge is 2.24. The number of amides is 2. The van der Waals surface area contributed by atoms with Gasteiger partial charge in [0, 0.05) is 39.9 Å². The maximum Gasteiger partial charge on any atom is 0.303 e. The largest absolute Gasteiger partial charge is 0.481 e. The Bertz CT molecular complexity index is 2020. The number of allylic oxidation sites excluding steroid dienone is 2. The number of hydrogen-bond donors (Lipinski definition) is 4. The van der Waals surface area contributed by atoms with Crippen molar-refractivity contribution in [1.29, 1.82) is 0 Å². The SMILES string of the molecule is CC1=C(C)C(/C=c2\[nH]/c(=C(\c3ccccc3CCC(=O)O)c3[nH]c(/C=C4\NC(=O)C(C)=C4C)c(C)c3C)c(C)c2C)=NC1=O. The summed E-state index contributed by atoms with van der Waals surface area (Å²) in [6.07, 6.45) is 4.28. The van der Waals surface area contributed by atoms with Crippen LogP contribution in [-0.2, 0) is 20.8 Å². The molecule has 8 nitrogen and oxygen atoms in total. The molecule has 2 aliphatic heterocycles. The molecule has 0 atom stereocenters. The first kappa shape index (κ1) is 30.5. The van der Waals surface area contributed by atoms with E-state index in [2.05, 4.69) is 41.0 Å². The second-order valence-electron chi connectivity index (χ2n) is 11.7. The van der Waals surface area contributed by atoms with Crippen LogP contribution >= 0.6 is 0 Å². The van der Waals surface area contributed by atoms with E-state index in [1.54, 1.807) is 6.92 Å². The molecular formula is C36H38N4O4. The van der Waals surface area contributed by atoms with E-state index >= 15 is 0 Å². The summed E-state index contributed by atoms with van der Waals surface area (Å²) in [4.78, 5) is 47.7. The molecule has 0 fully saturated rings. The molecule has 0 aliphatic carbocycles. The summed E-state index contributed by atoms with van der Waals surface area (Å²) >= 11 is 0. The van der Waals surface area contributed by atoms with Crippen molar-refractivity contribution in [3.05, 3.63) is 108 Å². The summed E-state index contributed by atoms with van der Waals surface area (Å²) in [6.45, 7) is 15.7. The van der Waals surface area contributed by atoms with Gasteiger partial charge in [-0.15, -0.1) is 0 Å². The van der Waals surface area contributed by atoms with Gasteiger partial charge in [0.1, 0.15) is 0 Å². The Balaban J connectivity index is 1.81. The Morgan fingerprint density at radius 1 is 0.818 bits per heavy atom. The zero-order chi connectivity index (χ0) is 32.0. The first-order chi connectivity index (χ1) is 20.8. The molecule has 1 aromatic carbocycles. The third-order valence-electron chi connectivity index (χ3n) is 9.21. The molecule has 2 aromatic heterocycles. The molecule has 0 unspecified atom stereocenters. The lowest BCUT2D eigenvalue weighted by Crippen LogP contribution is -2.18. The summed E-state index contributed by atoms with van der Waals surface area (Å²) in [6, 6.07) is 7.90. The number of nitrogens with one attached hydrogen (secondary N) is 3. The van der Waals surface area contributed by atoms with Crippen molar-refractivity contribution in [2.45, 2.75) is 68.2 Å². The van der Waals surface area contributed by atoms with E-state index in [4.69, 9.17) is 0 Å². The van der Waals surface area contributed by atoms with Gasteiger partial charge in [0.05, 0.1) is 16.8 Å². The zero-order valence-electron chi connectivity index (χ0n) is 26.5. The Morgan fingerprint density at radius 3 is 2.14 bits per heavy atom. The molecule has 0 radical (unpaired) electrons. The van der Waals surface area contributed by atoms with Crippen LogP contribution in [0.3, 0.4) is 0 Å². The van der Waals surface area contributed by atoms with E-state index in [0.29, 0.717) is 23.3 Å². The number of benzene rings is 1. The van der Waals surface area contributed by atoms with Gasteiger partial charge in [0.25, 0.3) is 11.8 Å². The molecule has 0 saturated carbocycles. The smallest absolute Gasteiger partial charge is 0.303 e. The lowest BCUT2D eigenvalue weighted by molar-refractivity contribution is -0.137. The number of hydrogen-bond acceptors (Lipinski definition) is 3. The fourth-order valence-corrected chi connectivity index (χ4v) is 5.71. The zero-order valence-corrected chi connectivity index (χ0v) is 26.5. The number of carboxylic acid groups (broad SMARTS) is 1. The summed E-state index contributed by atoms with van der Waals surface area (Å²) in [5.41, 5.74) is 13.2. The lowest BCUT2D eigenvalue weighted by Gasteiger charge is -2.14. The maximum absolute atomic E-state index is 12.3. The van der Waals surface area contributed by atoms with Crippen LogP contribution in [0.5, 0.6) is 0 Å². The number of carboxylic acids is 1. The Hall–Kier alpha value is -4.98. The molecule has 2 amide bonds. The number of carbonyl (C=O) groups is 3. The number of aliphatic imine (C=N–C) groups is 1. The van der Waals surface area contributed by atoms with Crippen molar-refractivity contribution in [2.24, 2.45) is 4.99 Å². The highest BCUT2D eigenvalue weighted by atomic mass is 16.4. The number of aliphatic carboxylic acids is 1. The van der Waals surface area contributed by atoms with Crippen molar-refractivity contribution >= 4 is 41.2 Å². The van der Waals surface area contributed by atoms with Crippen LogP contribution in [0.1, 0.15) is 78.9 Å². The van der Waals surface area contributed by atoms with Crippen molar-refractivity contribution in [3.8, 4) is 0 Å². The molecule has 0 spiro atoms. The van der Waals surface area contributed by atoms with Crippen LogP contribution < -0.4 is 16.0 Å². The Kier molecular flexibility index (Phi) is 8.04. The Labute approximate surface area is 256 Å². The molecule has 4 heterocycles. The molecule has 4 N–H and O–H groups in total. The van der Waals surface area contributed by atoms with E-state index in [0.717, 1.165) is 77.9 Å². The summed E-state index contributed by atoms with van der Waals surface area (Å²) in [5, 5.41) is 14.2. The quantitative estimate of drug-likeness (QED) is 0.317. The van der Waals surface area contributed by atoms with Gasteiger partial charge < -0.3 is 20.4 Å². The molecule has 0 bridgehead atoms. The highest BCUT2D eigenvalue weighted by molar-refractivity contribution is 6.30. The summed E-state index contributed by atoms with van der Waals surface area (Å²) < 4.78 is 0. The van der Waals surface area contributed by atoms with Crippen LogP contribution in [0.15, 0.2) is 57.2 Å². The van der Waals surface area contributed by atoms with Gasteiger partial charge in [0.2, 0.25) is 0 Å². The van der Waals surface area contributed by atoms with E-state index in [-0.39, 0.29) is 18.2 Å². The second kappa shape index (κ2) is 11.6. The van der Waals surface area contributed by atoms with Crippen LogP contribution in [0, 0.1) is 27.7 Å². The third-order valence-corrected chi connectivity index (χ3v) is 9.21. The predicted molar refractivity (Wildman–Crippen MR) is 174 cm³/mol. The van der Waals surface area contributed by atoms with Crippen LogP contribution in [0.2, 0.25) is 0 Å². The molecular weight excluding hydrogens is 552 g/mol. The number of H-pyrrole nitrogens is 2. The second-order valence-corrected chi connectivity index (χ2v) is 11.7. The van der Waals surface area contributed by atoms with Gasteiger partial charge in [0.15, 0.2) is 0 Å². The van der Waals surface area contributed by atoms with E-state index < -0.39 is 5.97 Å². The number of nitrogens with zero attached hydrogens (tertiary/aromatic N) is 1. The molecule has 5 rings (SSSR count). The van der Waals surface area contributed by atoms with Crippen LogP contribution in [0.25, 0.3) is 17.7 Å². The molecule has 3 aromatic rings. The molecule has 44 heavy (non-hydrogen) atoms. The van der Waals surface area contributed by atoms with E-state index in [9.17, 15) is 19.5 Å². The first-order valence-corrected chi connectivity index (χ1v) is 14.7. The number of carbonyl (C=O) groups excluding carboxylic acids is 2. The molecule has 0 saturated heterocycles. The van der Waals surface area contributed by atoms with Gasteiger partial charge in [-0.3, -0.25) is 14.4 Å². The number of rotatable bonds is 7. The molecule has 226 valence electrons. The number of aromatic amines is 2. The average Bonchev–Trinajstić information content (AvgIpc) is 3.60. The minimum atomic E-state index is -0.853. The van der Waals surface area contributed by atoms with Gasteiger partial charge in [-0.1, -0.05) is 24.3 Å². The minimum Gasteiger partial charge on any atom is -0.481 e. The standard InChI is InChI=1S/C36H38N4O4/c1-17-21(5)33(37-27(17)15-29-19(3)23(7)35(43)39-29)32(26-12-10-9-11-25(26)13-14-31(41)42)34-22(6)18(2)28(38-34)16-30-20(4)24(8)36(44)40-30/h9-12,15-16,37-38H,13-14H2,1-8H3,(H,39,43)(H,41,42)/b28-16-,29-15-,34-32+.